The fourth-order valence-corrected chi connectivity index (χ4v) is 2.53. The Morgan fingerprint density at radius 3 is 2.92 bits per heavy atom. The average molecular weight is 329 g/mol. The Balaban J connectivity index is 1.68. The summed E-state index contributed by atoms with van der Waals surface area (Å²) in [6, 6.07) is 8.59. The molecule has 1 aromatic carbocycles. The standard InChI is InChI=1S/C17H19N3O4/c1-20(2)13(14-4-3-7-23-14)9-18-17(22)11-5-6-12-15(8-11)24-10-16(21)19-12/h3-8,13H,9-10H2,1-2H3,(H,18,22)(H,19,21). The molecule has 0 fully saturated rings. The third-order valence-corrected chi connectivity index (χ3v) is 3.83. The molecule has 2 aromatic rings. The van der Waals surface area contributed by atoms with E-state index in [0.29, 0.717) is 23.5 Å². The number of fused-ring (bicyclic) bond motifs is 1. The van der Waals surface area contributed by atoms with Crippen molar-refractivity contribution in [2.75, 3.05) is 32.6 Å². The van der Waals surface area contributed by atoms with Gasteiger partial charge in [0.1, 0.15) is 11.5 Å². The van der Waals surface area contributed by atoms with Crippen LogP contribution in [0.25, 0.3) is 0 Å². The first-order valence-electron chi connectivity index (χ1n) is 7.59. The Bertz CT molecular complexity index is 740. The smallest absolute Gasteiger partial charge is 0.262 e. The minimum atomic E-state index is -0.211. The number of benzene rings is 1. The van der Waals surface area contributed by atoms with Crippen molar-refractivity contribution < 1.29 is 18.7 Å². The van der Waals surface area contributed by atoms with Gasteiger partial charge in [-0.25, -0.2) is 0 Å². The summed E-state index contributed by atoms with van der Waals surface area (Å²) in [5, 5.41) is 5.60. The zero-order valence-electron chi connectivity index (χ0n) is 13.5. The van der Waals surface area contributed by atoms with Crippen LogP contribution >= 0.6 is 0 Å². The van der Waals surface area contributed by atoms with Crippen LogP contribution in [0, 0.1) is 0 Å². The predicted octanol–water partition coefficient (Wildman–Crippen LogP) is 1.64. The van der Waals surface area contributed by atoms with Gasteiger partial charge in [0.2, 0.25) is 0 Å². The van der Waals surface area contributed by atoms with Gasteiger partial charge in [0.25, 0.3) is 11.8 Å². The maximum absolute atomic E-state index is 12.4. The van der Waals surface area contributed by atoms with Crippen LogP contribution in [-0.2, 0) is 4.79 Å². The van der Waals surface area contributed by atoms with E-state index in [1.807, 2.05) is 31.1 Å². The van der Waals surface area contributed by atoms with Crippen LogP contribution in [0.4, 0.5) is 5.69 Å². The van der Waals surface area contributed by atoms with E-state index >= 15 is 0 Å². The summed E-state index contributed by atoms with van der Waals surface area (Å²) < 4.78 is 10.8. The van der Waals surface area contributed by atoms with Crippen molar-refractivity contribution in [3.05, 3.63) is 47.9 Å². The van der Waals surface area contributed by atoms with Crippen LogP contribution in [-0.4, -0.2) is 44.0 Å². The molecule has 126 valence electrons. The lowest BCUT2D eigenvalue weighted by atomic mass is 10.1. The summed E-state index contributed by atoms with van der Waals surface area (Å²) in [4.78, 5) is 25.6. The van der Waals surface area contributed by atoms with Gasteiger partial charge < -0.3 is 19.8 Å². The van der Waals surface area contributed by atoms with E-state index in [1.165, 1.54) is 0 Å². The monoisotopic (exact) mass is 329 g/mol. The third-order valence-electron chi connectivity index (χ3n) is 3.83. The third kappa shape index (κ3) is 3.41. The van der Waals surface area contributed by atoms with E-state index in [1.54, 1.807) is 24.5 Å². The Kier molecular flexibility index (Phi) is 4.52. The lowest BCUT2D eigenvalue weighted by Crippen LogP contribution is -2.34. The Hall–Kier alpha value is -2.80. The molecule has 0 spiro atoms. The molecule has 0 saturated carbocycles. The van der Waals surface area contributed by atoms with E-state index in [2.05, 4.69) is 10.6 Å². The number of anilines is 1. The molecule has 0 saturated heterocycles. The fraction of sp³-hybridized carbons (Fsp3) is 0.294. The van der Waals surface area contributed by atoms with Crippen molar-refractivity contribution in [2.24, 2.45) is 0 Å². The summed E-state index contributed by atoms with van der Waals surface area (Å²) in [6.07, 6.45) is 1.61. The number of likely N-dealkylation sites (N-methyl/N-ethyl adjacent to an activating group) is 1. The zero-order valence-corrected chi connectivity index (χ0v) is 13.5. The van der Waals surface area contributed by atoms with Crippen LogP contribution in [0.5, 0.6) is 5.75 Å². The van der Waals surface area contributed by atoms with E-state index in [9.17, 15) is 9.59 Å². The quantitative estimate of drug-likeness (QED) is 0.871. The van der Waals surface area contributed by atoms with E-state index in [0.717, 1.165) is 5.76 Å². The van der Waals surface area contributed by atoms with Gasteiger partial charge in [-0.3, -0.25) is 14.5 Å². The summed E-state index contributed by atoms with van der Waals surface area (Å²) in [5.41, 5.74) is 1.05. The van der Waals surface area contributed by atoms with Gasteiger partial charge in [0.05, 0.1) is 18.0 Å². The molecule has 2 heterocycles. The van der Waals surface area contributed by atoms with Gasteiger partial charge in [0.15, 0.2) is 6.61 Å². The number of furan rings is 1. The Morgan fingerprint density at radius 1 is 1.38 bits per heavy atom. The molecule has 1 aliphatic heterocycles. The highest BCUT2D eigenvalue weighted by molar-refractivity contribution is 5.98. The molecule has 1 aliphatic rings. The second kappa shape index (κ2) is 6.76. The number of hydrogen-bond donors (Lipinski definition) is 2. The lowest BCUT2D eigenvalue weighted by molar-refractivity contribution is -0.118. The average Bonchev–Trinajstić information content (AvgIpc) is 3.08. The molecule has 2 N–H and O–H groups in total. The number of nitrogens with one attached hydrogen (secondary N) is 2. The zero-order chi connectivity index (χ0) is 17.1. The summed E-state index contributed by atoms with van der Waals surface area (Å²) >= 11 is 0. The van der Waals surface area contributed by atoms with Gasteiger partial charge in [-0.15, -0.1) is 0 Å². The predicted molar refractivity (Wildman–Crippen MR) is 88.0 cm³/mol. The van der Waals surface area contributed by atoms with E-state index in [-0.39, 0.29) is 24.5 Å². The Labute approximate surface area is 139 Å². The number of nitrogens with zero attached hydrogens (tertiary/aromatic N) is 1. The molecular formula is C17H19N3O4. The molecule has 0 bridgehead atoms. The molecule has 1 unspecified atom stereocenters. The van der Waals surface area contributed by atoms with Crippen molar-refractivity contribution in [1.29, 1.82) is 0 Å². The summed E-state index contributed by atoms with van der Waals surface area (Å²) in [7, 11) is 3.85. The molecular weight excluding hydrogens is 310 g/mol. The highest BCUT2D eigenvalue weighted by Crippen LogP contribution is 2.28. The molecule has 3 rings (SSSR count). The second-order valence-electron chi connectivity index (χ2n) is 5.75. The van der Waals surface area contributed by atoms with Crippen LogP contribution in [0.15, 0.2) is 41.0 Å². The number of rotatable bonds is 5. The number of hydrogen-bond acceptors (Lipinski definition) is 5. The number of carbonyl (C=O) groups excluding carboxylic acids is 2. The molecule has 0 radical (unpaired) electrons. The summed E-state index contributed by atoms with van der Waals surface area (Å²) in [5.74, 6) is 0.873. The first-order chi connectivity index (χ1) is 11.5. The number of amides is 2. The molecule has 1 atom stereocenters. The van der Waals surface area contributed by atoms with Crippen LogP contribution in [0.3, 0.4) is 0 Å². The minimum absolute atomic E-state index is 0.0424. The van der Waals surface area contributed by atoms with Gasteiger partial charge in [-0.1, -0.05) is 0 Å². The van der Waals surface area contributed by atoms with Crippen molar-refractivity contribution >= 4 is 17.5 Å². The van der Waals surface area contributed by atoms with Crippen molar-refractivity contribution in [3.63, 3.8) is 0 Å². The van der Waals surface area contributed by atoms with Crippen molar-refractivity contribution in [3.8, 4) is 5.75 Å². The highest BCUT2D eigenvalue weighted by atomic mass is 16.5. The summed E-state index contributed by atoms with van der Waals surface area (Å²) in [6.45, 7) is 0.368. The van der Waals surface area contributed by atoms with Crippen LogP contribution < -0.4 is 15.4 Å². The van der Waals surface area contributed by atoms with Crippen molar-refractivity contribution in [2.45, 2.75) is 6.04 Å². The largest absolute Gasteiger partial charge is 0.482 e. The Morgan fingerprint density at radius 2 is 2.21 bits per heavy atom. The normalized spacial score (nSPS) is 14.5. The number of carbonyl (C=O) groups is 2. The van der Waals surface area contributed by atoms with Gasteiger partial charge in [-0.2, -0.15) is 0 Å². The maximum atomic E-state index is 12.4. The highest BCUT2D eigenvalue weighted by Gasteiger charge is 2.20. The molecule has 2 amide bonds. The van der Waals surface area contributed by atoms with Gasteiger partial charge in [0, 0.05) is 12.1 Å². The first-order valence-corrected chi connectivity index (χ1v) is 7.59. The second-order valence-corrected chi connectivity index (χ2v) is 5.75. The number of ether oxygens (including phenoxy) is 1. The van der Waals surface area contributed by atoms with E-state index in [4.69, 9.17) is 9.15 Å². The van der Waals surface area contributed by atoms with Gasteiger partial charge in [-0.05, 0) is 44.4 Å². The maximum Gasteiger partial charge on any atom is 0.262 e. The molecule has 1 aromatic heterocycles. The van der Waals surface area contributed by atoms with Crippen molar-refractivity contribution in [1.82, 2.24) is 10.2 Å². The molecule has 24 heavy (non-hydrogen) atoms. The first kappa shape index (κ1) is 16.1. The topological polar surface area (TPSA) is 83.8 Å². The lowest BCUT2D eigenvalue weighted by Gasteiger charge is -2.23. The molecule has 7 nitrogen and oxygen atoms in total. The van der Waals surface area contributed by atoms with Gasteiger partial charge >= 0.3 is 0 Å². The minimum Gasteiger partial charge on any atom is -0.482 e. The SMILES string of the molecule is CN(C)C(CNC(=O)c1ccc2c(c1)OCC(=O)N2)c1ccco1. The van der Waals surface area contributed by atoms with Crippen LogP contribution in [0.2, 0.25) is 0 Å². The fourth-order valence-electron chi connectivity index (χ4n) is 2.53. The van der Waals surface area contributed by atoms with E-state index < -0.39 is 0 Å². The molecule has 0 aliphatic carbocycles. The molecule has 7 heteroatoms. The van der Waals surface area contributed by atoms with Crippen LogP contribution in [0.1, 0.15) is 22.2 Å².